The number of carbonyl (C=O) groups is 1. The molecule has 0 aromatic heterocycles. The van der Waals surface area contributed by atoms with Crippen molar-refractivity contribution in [2.24, 2.45) is 0 Å². The predicted octanol–water partition coefficient (Wildman–Crippen LogP) is 3.63. The van der Waals surface area contributed by atoms with Crippen LogP contribution in [0.2, 0.25) is 0 Å². The number of rotatable bonds is 5. The molecule has 1 saturated heterocycles. The highest BCUT2D eigenvalue weighted by Gasteiger charge is 2.20. The fourth-order valence-corrected chi connectivity index (χ4v) is 3.50. The number of aryl methyl sites for hydroxylation is 2. The van der Waals surface area contributed by atoms with Crippen molar-refractivity contribution in [3.8, 4) is 0 Å². The molecule has 0 unspecified atom stereocenters. The fraction of sp³-hybridized carbons (Fsp3) is 0.409. The summed E-state index contributed by atoms with van der Waals surface area (Å²) in [5.74, 6) is 0.0680. The Kier molecular flexibility index (Phi) is 5.94. The first-order chi connectivity index (χ1) is 12.6. The second kappa shape index (κ2) is 8.37. The molecule has 0 aliphatic carbocycles. The second-order valence-electron chi connectivity index (χ2n) is 7.08. The molecule has 1 N–H and O–H groups in total. The van der Waals surface area contributed by atoms with Gasteiger partial charge in [-0.15, -0.1) is 0 Å². The lowest BCUT2D eigenvalue weighted by atomic mass is 10.1. The van der Waals surface area contributed by atoms with Crippen LogP contribution >= 0.6 is 0 Å². The normalized spacial score (nSPS) is 15.1. The summed E-state index contributed by atoms with van der Waals surface area (Å²) in [4.78, 5) is 17.0. The highest BCUT2D eigenvalue weighted by Crippen LogP contribution is 2.23. The third-order valence-electron chi connectivity index (χ3n) is 5.28. The van der Waals surface area contributed by atoms with Crippen LogP contribution in [0.25, 0.3) is 0 Å². The molecule has 1 aliphatic heterocycles. The molecular weight excluding hydrogens is 322 g/mol. The van der Waals surface area contributed by atoms with E-state index in [9.17, 15) is 4.79 Å². The van der Waals surface area contributed by atoms with Crippen molar-refractivity contribution in [3.05, 3.63) is 59.2 Å². The monoisotopic (exact) mass is 351 g/mol. The van der Waals surface area contributed by atoms with E-state index >= 15 is 0 Å². The summed E-state index contributed by atoms with van der Waals surface area (Å²) in [6.07, 6.45) is 0.976. The predicted molar refractivity (Wildman–Crippen MR) is 109 cm³/mol. The van der Waals surface area contributed by atoms with Crippen molar-refractivity contribution in [1.29, 1.82) is 0 Å². The Labute approximate surface area is 156 Å². The molecule has 1 heterocycles. The van der Waals surface area contributed by atoms with Gasteiger partial charge in [-0.05, 0) is 55.2 Å². The van der Waals surface area contributed by atoms with Crippen molar-refractivity contribution < 1.29 is 4.79 Å². The number of amides is 1. The first-order valence-electron chi connectivity index (χ1n) is 9.49. The maximum Gasteiger partial charge on any atom is 0.238 e. The minimum Gasteiger partial charge on any atom is -0.369 e. The van der Waals surface area contributed by atoms with Crippen LogP contribution in [0.5, 0.6) is 0 Å². The largest absolute Gasteiger partial charge is 0.369 e. The molecule has 0 saturated carbocycles. The van der Waals surface area contributed by atoms with E-state index in [1.807, 2.05) is 12.1 Å². The minimum absolute atomic E-state index is 0.0680. The molecule has 26 heavy (non-hydrogen) atoms. The number of nitrogens with one attached hydrogen (secondary N) is 1. The van der Waals surface area contributed by atoms with E-state index in [-0.39, 0.29) is 5.91 Å². The Morgan fingerprint density at radius 1 is 1.04 bits per heavy atom. The van der Waals surface area contributed by atoms with Crippen LogP contribution in [0.4, 0.5) is 11.4 Å². The van der Waals surface area contributed by atoms with Crippen molar-refractivity contribution in [1.82, 2.24) is 4.90 Å². The summed E-state index contributed by atoms with van der Waals surface area (Å²) in [6, 6.07) is 14.6. The first kappa shape index (κ1) is 18.5. The lowest BCUT2D eigenvalue weighted by Crippen LogP contribution is -2.48. The zero-order valence-electron chi connectivity index (χ0n) is 16.1. The van der Waals surface area contributed by atoms with Crippen LogP contribution in [0.15, 0.2) is 42.5 Å². The van der Waals surface area contributed by atoms with Gasteiger partial charge in [0.2, 0.25) is 5.91 Å². The quantitative estimate of drug-likeness (QED) is 0.893. The first-order valence-corrected chi connectivity index (χ1v) is 9.49. The Bertz CT molecular complexity index is 764. The van der Waals surface area contributed by atoms with Gasteiger partial charge in [-0.2, -0.15) is 0 Å². The molecule has 2 aromatic carbocycles. The maximum absolute atomic E-state index is 12.4. The molecule has 1 amide bonds. The number of anilines is 2. The average Bonchev–Trinajstić information content (AvgIpc) is 2.65. The molecule has 1 fully saturated rings. The Balaban J connectivity index is 1.52. The lowest BCUT2D eigenvalue weighted by Gasteiger charge is -2.36. The third kappa shape index (κ3) is 4.44. The second-order valence-corrected chi connectivity index (χ2v) is 7.08. The van der Waals surface area contributed by atoms with Crippen LogP contribution in [0, 0.1) is 13.8 Å². The molecule has 138 valence electrons. The van der Waals surface area contributed by atoms with Gasteiger partial charge < -0.3 is 10.2 Å². The van der Waals surface area contributed by atoms with E-state index < -0.39 is 0 Å². The molecular formula is C22H29N3O. The van der Waals surface area contributed by atoms with E-state index in [0.29, 0.717) is 6.54 Å². The lowest BCUT2D eigenvalue weighted by molar-refractivity contribution is -0.117. The number of benzene rings is 2. The summed E-state index contributed by atoms with van der Waals surface area (Å²) >= 11 is 0. The number of hydrogen-bond donors (Lipinski definition) is 1. The van der Waals surface area contributed by atoms with Crippen LogP contribution in [0.3, 0.4) is 0 Å². The molecule has 0 spiro atoms. The van der Waals surface area contributed by atoms with E-state index in [2.05, 4.69) is 66.2 Å². The fourth-order valence-electron chi connectivity index (χ4n) is 3.50. The minimum atomic E-state index is 0.0680. The van der Waals surface area contributed by atoms with E-state index in [1.165, 1.54) is 22.4 Å². The summed E-state index contributed by atoms with van der Waals surface area (Å²) < 4.78 is 0. The molecule has 2 aromatic rings. The summed E-state index contributed by atoms with van der Waals surface area (Å²) in [6.45, 7) is 10.7. The average molecular weight is 351 g/mol. The zero-order chi connectivity index (χ0) is 18.5. The van der Waals surface area contributed by atoms with Gasteiger partial charge in [0, 0.05) is 37.6 Å². The highest BCUT2D eigenvalue weighted by atomic mass is 16.2. The van der Waals surface area contributed by atoms with Crippen molar-refractivity contribution in [2.45, 2.75) is 27.2 Å². The smallest absolute Gasteiger partial charge is 0.238 e. The van der Waals surface area contributed by atoms with E-state index in [0.717, 1.165) is 38.3 Å². The van der Waals surface area contributed by atoms with Gasteiger partial charge in [-0.25, -0.2) is 0 Å². The molecule has 4 nitrogen and oxygen atoms in total. The molecule has 0 bridgehead atoms. The van der Waals surface area contributed by atoms with Gasteiger partial charge in [0.25, 0.3) is 0 Å². The number of nitrogens with zero attached hydrogens (tertiary/aromatic N) is 2. The van der Waals surface area contributed by atoms with Crippen LogP contribution in [-0.4, -0.2) is 43.5 Å². The number of piperazine rings is 1. The van der Waals surface area contributed by atoms with Gasteiger partial charge in [0.1, 0.15) is 0 Å². The Hall–Kier alpha value is -2.33. The van der Waals surface area contributed by atoms with Gasteiger partial charge in [0.15, 0.2) is 0 Å². The number of carbonyl (C=O) groups excluding carboxylic acids is 1. The van der Waals surface area contributed by atoms with Crippen molar-refractivity contribution in [3.63, 3.8) is 0 Å². The SMILES string of the molecule is CCc1cccc(NC(=O)CN2CCN(c3cccc(C)c3C)CC2)c1. The third-order valence-corrected chi connectivity index (χ3v) is 5.28. The van der Waals surface area contributed by atoms with Gasteiger partial charge in [-0.3, -0.25) is 9.69 Å². The maximum atomic E-state index is 12.4. The molecule has 0 radical (unpaired) electrons. The zero-order valence-corrected chi connectivity index (χ0v) is 16.1. The van der Waals surface area contributed by atoms with E-state index in [4.69, 9.17) is 0 Å². The topological polar surface area (TPSA) is 35.6 Å². The number of hydrogen-bond acceptors (Lipinski definition) is 3. The summed E-state index contributed by atoms with van der Waals surface area (Å²) in [7, 11) is 0. The Morgan fingerprint density at radius 3 is 2.50 bits per heavy atom. The molecule has 0 atom stereocenters. The summed E-state index contributed by atoms with van der Waals surface area (Å²) in [5.41, 5.74) is 6.15. The van der Waals surface area contributed by atoms with Crippen molar-refractivity contribution in [2.75, 3.05) is 42.9 Å². The van der Waals surface area contributed by atoms with Crippen LogP contribution in [0.1, 0.15) is 23.6 Å². The van der Waals surface area contributed by atoms with Crippen LogP contribution in [-0.2, 0) is 11.2 Å². The highest BCUT2D eigenvalue weighted by molar-refractivity contribution is 5.92. The summed E-state index contributed by atoms with van der Waals surface area (Å²) in [5, 5.41) is 3.03. The standard InChI is InChI=1S/C22H29N3O/c1-4-19-8-6-9-20(15-19)23-22(26)16-24-11-13-25(14-12-24)21-10-5-7-17(2)18(21)3/h5-10,15H,4,11-14,16H2,1-3H3,(H,23,26). The van der Waals surface area contributed by atoms with Crippen molar-refractivity contribution >= 4 is 17.3 Å². The van der Waals surface area contributed by atoms with E-state index in [1.54, 1.807) is 0 Å². The Morgan fingerprint density at radius 2 is 1.77 bits per heavy atom. The van der Waals surface area contributed by atoms with Gasteiger partial charge in [-0.1, -0.05) is 31.2 Å². The van der Waals surface area contributed by atoms with Gasteiger partial charge in [0.05, 0.1) is 6.54 Å². The molecule has 3 rings (SSSR count). The molecule has 4 heteroatoms. The van der Waals surface area contributed by atoms with Crippen LogP contribution < -0.4 is 10.2 Å². The van der Waals surface area contributed by atoms with Gasteiger partial charge >= 0.3 is 0 Å². The molecule has 1 aliphatic rings.